The van der Waals surface area contributed by atoms with Crippen LogP contribution in [-0.2, 0) is 6.61 Å². The summed E-state index contributed by atoms with van der Waals surface area (Å²) in [6.45, 7) is 4.12. The Morgan fingerprint density at radius 2 is 1.78 bits per heavy atom. The monoisotopic (exact) mass is 400 g/mol. The second-order valence-corrected chi connectivity index (χ2v) is 7.12. The van der Waals surface area contributed by atoms with Gasteiger partial charge in [-0.25, -0.2) is 14.8 Å². The maximum absolute atomic E-state index is 11.9. The average Bonchev–Trinajstić information content (AvgIpc) is 2.61. The number of aromatic nitrogens is 2. The number of nitrogens with zero attached hydrogens (tertiary/aromatic N) is 2. The van der Waals surface area contributed by atoms with Crippen LogP contribution in [0.4, 0.5) is 0 Å². The van der Waals surface area contributed by atoms with Crippen LogP contribution in [-0.4, -0.2) is 9.97 Å². The van der Waals surface area contributed by atoms with Crippen molar-refractivity contribution in [3.8, 4) is 5.88 Å². The van der Waals surface area contributed by atoms with Gasteiger partial charge in [-0.1, -0.05) is 23.2 Å². The normalized spacial score (nSPS) is 11.3. The van der Waals surface area contributed by atoms with Crippen molar-refractivity contribution in [3.63, 3.8) is 0 Å². The van der Waals surface area contributed by atoms with E-state index in [4.69, 9.17) is 32.4 Å². The van der Waals surface area contributed by atoms with Crippen LogP contribution >= 0.6 is 23.2 Å². The molecule has 2 aromatic heterocycles. The zero-order chi connectivity index (χ0) is 19.1. The van der Waals surface area contributed by atoms with Crippen molar-refractivity contribution < 1.29 is 9.15 Å². The molecule has 0 unspecified atom stereocenters. The second kappa shape index (κ2) is 6.83. The molecule has 4 rings (SSSR count). The Bertz CT molecular complexity index is 1250. The van der Waals surface area contributed by atoms with Gasteiger partial charge >= 0.3 is 5.63 Å². The number of fused-ring (bicyclic) bond motifs is 2. The molecule has 2 heterocycles. The Labute approximate surface area is 164 Å². The SMILES string of the molecule is Cc1cc2oc(=O)cc(COc3ncnc4c(Cl)cc(Cl)cc34)c2cc1C. The minimum atomic E-state index is -0.428. The maximum atomic E-state index is 11.9. The number of aryl methyl sites for hydroxylation is 2. The topological polar surface area (TPSA) is 65.2 Å². The van der Waals surface area contributed by atoms with Gasteiger partial charge in [-0.2, -0.15) is 0 Å². The van der Waals surface area contributed by atoms with Gasteiger partial charge in [0.2, 0.25) is 5.88 Å². The van der Waals surface area contributed by atoms with Gasteiger partial charge in [-0.3, -0.25) is 0 Å². The van der Waals surface area contributed by atoms with E-state index in [0.29, 0.717) is 38.0 Å². The highest BCUT2D eigenvalue weighted by molar-refractivity contribution is 6.38. The molecule has 136 valence electrons. The molecule has 0 aliphatic rings. The van der Waals surface area contributed by atoms with E-state index in [-0.39, 0.29) is 6.61 Å². The van der Waals surface area contributed by atoms with Gasteiger partial charge in [0.15, 0.2) is 0 Å². The summed E-state index contributed by atoms with van der Waals surface area (Å²) in [5.74, 6) is 0.342. The summed E-state index contributed by atoms with van der Waals surface area (Å²) in [6.07, 6.45) is 1.38. The lowest BCUT2D eigenvalue weighted by atomic mass is 10.0. The summed E-state index contributed by atoms with van der Waals surface area (Å²) in [7, 11) is 0. The zero-order valence-corrected chi connectivity index (χ0v) is 16.1. The fourth-order valence-corrected chi connectivity index (χ4v) is 3.47. The third kappa shape index (κ3) is 3.36. The average molecular weight is 401 g/mol. The van der Waals surface area contributed by atoms with Crippen LogP contribution in [0.1, 0.15) is 16.7 Å². The molecule has 2 aromatic carbocycles. The van der Waals surface area contributed by atoms with E-state index in [9.17, 15) is 4.79 Å². The molecule has 27 heavy (non-hydrogen) atoms. The van der Waals surface area contributed by atoms with Crippen LogP contribution in [0.15, 0.2) is 45.9 Å². The third-order valence-electron chi connectivity index (χ3n) is 4.43. The van der Waals surface area contributed by atoms with Gasteiger partial charge < -0.3 is 9.15 Å². The number of benzene rings is 2. The Hall–Kier alpha value is -2.63. The van der Waals surface area contributed by atoms with E-state index in [1.54, 1.807) is 12.1 Å². The highest BCUT2D eigenvalue weighted by atomic mass is 35.5. The first-order valence-electron chi connectivity index (χ1n) is 8.19. The lowest BCUT2D eigenvalue weighted by Crippen LogP contribution is -2.05. The van der Waals surface area contributed by atoms with Crippen molar-refractivity contribution in [2.75, 3.05) is 0 Å². The molecule has 0 radical (unpaired) electrons. The fraction of sp³-hybridized carbons (Fsp3) is 0.150. The van der Waals surface area contributed by atoms with Crippen LogP contribution in [0.3, 0.4) is 0 Å². The summed E-state index contributed by atoms with van der Waals surface area (Å²) in [4.78, 5) is 20.3. The van der Waals surface area contributed by atoms with Crippen molar-refractivity contribution in [1.29, 1.82) is 0 Å². The lowest BCUT2D eigenvalue weighted by Gasteiger charge is -2.11. The summed E-state index contributed by atoms with van der Waals surface area (Å²) in [5.41, 5.74) is 3.52. The molecule has 0 bridgehead atoms. The molecule has 4 aromatic rings. The molecule has 0 spiro atoms. The largest absolute Gasteiger partial charge is 0.472 e. The van der Waals surface area contributed by atoms with E-state index in [2.05, 4.69) is 9.97 Å². The van der Waals surface area contributed by atoms with Crippen LogP contribution < -0.4 is 10.4 Å². The van der Waals surface area contributed by atoms with E-state index in [1.165, 1.54) is 12.4 Å². The highest BCUT2D eigenvalue weighted by Gasteiger charge is 2.12. The van der Waals surface area contributed by atoms with Gasteiger partial charge in [0, 0.05) is 22.0 Å². The van der Waals surface area contributed by atoms with Crippen LogP contribution in [0, 0.1) is 13.8 Å². The van der Waals surface area contributed by atoms with Gasteiger partial charge in [0.1, 0.15) is 18.5 Å². The summed E-state index contributed by atoms with van der Waals surface area (Å²) in [5, 5.41) is 2.31. The number of hydrogen-bond acceptors (Lipinski definition) is 5. The summed E-state index contributed by atoms with van der Waals surface area (Å²) in [6, 6.07) is 8.58. The van der Waals surface area contributed by atoms with E-state index < -0.39 is 5.63 Å². The smallest absolute Gasteiger partial charge is 0.336 e. The van der Waals surface area contributed by atoms with Gasteiger partial charge in [0.25, 0.3) is 0 Å². The van der Waals surface area contributed by atoms with Crippen molar-refractivity contribution >= 4 is 45.1 Å². The third-order valence-corrected chi connectivity index (χ3v) is 4.94. The van der Waals surface area contributed by atoms with Crippen LogP contribution in [0.2, 0.25) is 10.0 Å². The Kier molecular flexibility index (Phi) is 4.50. The molecule has 0 amide bonds. The maximum Gasteiger partial charge on any atom is 0.336 e. The standard InChI is InChI=1S/C20H14Cl2N2O3/c1-10-3-14-12(5-18(25)27-17(14)4-11(10)2)8-26-20-15-6-13(21)7-16(22)19(15)23-9-24-20/h3-7,9H,8H2,1-2H3. The van der Waals surface area contributed by atoms with Crippen molar-refractivity contribution in [2.45, 2.75) is 20.5 Å². The van der Waals surface area contributed by atoms with Gasteiger partial charge in [-0.15, -0.1) is 0 Å². The fourth-order valence-electron chi connectivity index (χ4n) is 2.93. The van der Waals surface area contributed by atoms with Crippen molar-refractivity contribution in [2.24, 2.45) is 0 Å². The first kappa shape index (κ1) is 17.8. The van der Waals surface area contributed by atoms with Gasteiger partial charge in [0.05, 0.1) is 15.9 Å². The van der Waals surface area contributed by atoms with E-state index in [1.807, 2.05) is 26.0 Å². The van der Waals surface area contributed by atoms with Crippen LogP contribution in [0.5, 0.6) is 5.88 Å². The summed E-state index contributed by atoms with van der Waals surface area (Å²) >= 11 is 12.3. The molecule has 5 nitrogen and oxygen atoms in total. The number of halogens is 2. The molecular formula is C20H14Cl2N2O3. The molecule has 7 heteroatoms. The first-order valence-corrected chi connectivity index (χ1v) is 8.94. The zero-order valence-electron chi connectivity index (χ0n) is 14.5. The molecular weight excluding hydrogens is 387 g/mol. The Morgan fingerprint density at radius 1 is 1.00 bits per heavy atom. The predicted molar refractivity (Wildman–Crippen MR) is 106 cm³/mol. The Balaban J connectivity index is 1.77. The van der Waals surface area contributed by atoms with Gasteiger partial charge in [-0.05, 0) is 49.2 Å². The van der Waals surface area contributed by atoms with Crippen LogP contribution in [0.25, 0.3) is 21.9 Å². The number of rotatable bonds is 3. The van der Waals surface area contributed by atoms with E-state index in [0.717, 1.165) is 16.5 Å². The second-order valence-electron chi connectivity index (χ2n) is 6.27. The molecule has 0 saturated heterocycles. The van der Waals surface area contributed by atoms with Crippen molar-refractivity contribution in [1.82, 2.24) is 9.97 Å². The molecule has 0 fully saturated rings. The number of hydrogen-bond donors (Lipinski definition) is 0. The molecule has 0 aliphatic carbocycles. The minimum Gasteiger partial charge on any atom is -0.472 e. The first-order chi connectivity index (χ1) is 12.9. The van der Waals surface area contributed by atoms with Crippen molar-refractivity contribution in [3.05, 3.63) is 73.8 Å². The molecule has 0 saturated carbocycles. The lowest BCUT2D eigenvalue weighted by molar-refractivity contribution is 0.298. The van der Waals surface area contributed by atoms with E-state index >= 15 is 0 Å². The minimum absolute atomic E-state index is 0.140. The molecule has 0 atom stereocenters. The molecule has 0 aliphatic heterocycles. The predicted octanol–water partition coefficient (Wildman–Crippen LogP) is 5.24. The molecule has 0 N–H and O–H groups in total. The summed E-state index contributed by atoms with van der Waals surface area (Å²) < 4.78 is 11.2. The highest BCUT2D eigenvalue weighted by Crippen LogP contribution is 2.31. The Morgan fingerprint density at radius 3 is 2.59 bits per heavy atom. The quantitative estimate of drug-likeness (QED) is 0.440. The number of ether oxygens (including phenoxy) is 1.